The molecule has 0 atom stereocenters. The van der Waals surface area contributed by atoms with E-state index in [1.54, 1.807) is 0 Å². The zero-order valence-corrected chi connectivity index (χ0v) is 12.4. The molecule has 3 nitrogen and oxygen atoms in total. The first kappa shape index (κ1) is 15.6. The third-order valence-corrected chi connectivity index (χ3v) is 3.95. The van der Waals surface area contributed by atoms with E-state index >= 15 is 0 Å². The van der Waals surface area contributed by atoms with Gasteiger partial charge >= 0.3 is 0 Å². The normalized spacial score (nSPS) is 15.7. The van der Waals surface area contributed by atoms with Gasteiger partial charge in [-0.05, 0) is 30.9 Å². The second-order valence-electron chi connectivity index (χ2n) is 5.62. The number of hydrogen-bond acceptors (Lipinski definition) is 2. The van der Waals surface area contributed by atoms with Crippen molar-refractivity contribution >= 4 is 11.6 Å². The van der Waals surface area contributed by atoms with Gasteiger partial charge < -0.3 is 10.4 Å². The van der Waals surface area contributed by atoms with E-state index < -0.39 is 0 Å². The minimum absolute atomic E-state index is 0.0696. The SMILES string of the molecule is O=C(CC1CCCCCC1)Nc1ccccc1C#CCO. The maximum absolute atomic E-state index is 12.2. The van der Waals surface area contributed by atoms with Crippen LogP contribution in [0.5, 0.6) is 0 Å². The summed E-state index contributed by atoms with van der Waals surface area (Å²) < 4.78 is 0. The van der Waals surface area contributed by atoms with Crippen molar-refractivity contribution in [3.05, 3.63) is 29.8 Å². The molecule has 0 radical (unpaired) electrons. The molecule has 1 aliphatic rings. The maximum atomic E-state index is 12.2. The average Bonchev–Trinajstić information content (AvgIpc) is 2.75. The zero-order chi connectivity index (χ0) is 14.9. The van der Waals surface area contributed by atoms with E-state index in [1.165, 1.54) is 38.5 Å². The number of aliphatic hydroxyl groups is 1. The topological polar surface area (TPSA) is 49.3 Å². The van der Waals surface area contributed by atoms with Crippen LogP contribution < -0.4 is 5.32 Å². The summed E-state index contributed by atoms with van der Waals surface area (Å²) in [5.41, 5.74) is 1.48. The smallest absolute Gasteiger partial charge is 0.224 e. The van der Waals surface area contributed by atoms with Gasteiger partial charge in [-0.15, -0.1) is 0 Å². The van der Waals surface area contributed by atoms with Crippen LogP contribution in [0.3, 0.4) is 0 Å². The van der Waals surface area contributed by atoms with E-state index in [1.807, 2.05) is 24.3 Å². The van der Waals surface area contributed by atoms with Crippen LogP contribution in [0.25, 0.3) is 0 Å². The summed E-state index contributed by atoms with van der Waals surface area (Å²) >= 11 is 0. The fraction of sp³-hybridized carbons (Fsp3) is 0.500. The van der Waals surface area contributed by atoms with Gasteiger partial charge in [-0.2, -0.15) is 0 Å². The van der Waals surface area contributed by atoms with Crippen molar-refractivity contribution in [1.82, 2.24) is 0 Å². The Morgan fingerprint density at radius 2 is 1.90 bits per heavy atom. The summed E-state index contributed by atoms with van der Waals surface area (Å²) in [4.78, 5) is 12.2. The molecule has 0 heterocycles. The van der Waals surface area contributed by atoms with Gasteiger partial charge in [-0.3, -0.25) is 4.79 Å². The molecule has 1 saturated carbocycles. The van der Waals surface area contributed by atoms with E-state index in [0.29, 0.717) is 12.3 Å². The molecule has 0 spiro atoms. The number of carbonyl (C=O) groups excluding carboxylic acids is 1. The largest absolute Gasteiger partial charge is 0.384 e. The van der Waals surface area contributed by atoms with Gasteiger partial charge in [0.25, 0.3) is 0 Å². The Kier molecular flexibility index (Phi) is 6.30. The zero-order valence-electron chi connectivity index (χ0n) is 12.4. The van der Waals surface area contributed by atoms with Crippen molar-refractivity contribution in [2.45, 2.75) is 44.9 Å². The van der Waals surface area contributed by atoms with Crippen LogP contribution in [0.2, 0.25) is 0 Å². The highest BCUT2D eigenvalue weighted by molar-refractivity contribution is 5.92. The monoisotopic (exact) mass is 285 g/mol. The Morgan fingerprint density at radius 3 is 2.62 bits per heavy atom. The molecule has 0 bridgehead atoms. The predicted molar refractivity (Wildman–Crippen MR) is 84.8 cm³/mol. The lowest BCUT2D eigenvalue weighted by Crippen LogP contribution is -2.17. The van der Waals surface area contributed by atoms with E-state index in [2.05, 4.69) is 17.2 Å². The number of carbonyl (C=O) groups is 1. The minimum atomic E-state index is -0.176. The molecule has 0 saturated heterocycles. The molecule has 0 aliphatic heterocycles. The number of benzene rings is 1. The molecule has 3 heteroatoms. The average molecular weight is 285 g/mol. The Hall–Kier alpha value is -1.79. The van der Waals surface area contributed by atoms with Crippen LogP contribution in [0.4, 0.5) is 5.69 Å². The summed E-state index contributed by atoms with van der Waals surface area (Å²) in [6, 6.07) is 7.46. The van der Waals surface area contributed by atoms with Crippen LogP contribution in [0, 0.1) is 17.8 Å². The number of hydrogen-bond donors (Lipinski definition) is 2. The van der Waals surface area contributed by atoms with Crippen molar-refractivity contribution in [2.75, 3.05) is 11.9 Å². The third-order valence-electron chi connectivity index (χ3n) is 3.95. The van der Waals surface area contributed by atoms with Gasteiger partial charge in [0.2, 0.25) is 5.91 Å². The first-order valence-corrected chi connectivity index (χ1v) is 7.78. The summed E-state index contributed by atoms with van der Waals surface area (Å²) in [6.45, 7) is -0.176. The first-order chi connectivity index (χ1) is 10.3. The van der Waals surface area contributed by atoms with Gasteiger partial charge in [0.1, 0.15) is 6.61 Å². The fourth-order valence-corrected chi connectivity index (χ4v) is 2.87. The van der Waals surface area contributed by atoms with Crippen LogP contribution in [-0.2, 0) is 4.79 Å². The van der Waals surface area contributed by atoms with Gasteiger partial charge in [0, 0.05) is 12.0 Å². The summed E-state index contributed by atoms with van der Waals surface area (Å²) in [7, 11) is 0. The van der Waals surface area contributed by atoms with Gasteiger partial charge in [-0.1, -0.05) is 49.7 Å². The first-order valence-electron chi connectivity index (χ1n) is 7.78. The Balaban J connectivity index is 1.95. The second-order valence-corrected chi connectivity index (χ2v) is 5.62. The van der Waals surface area contributed by atoms with Gasteiger partial charge in [0.15, 0.2) is 0 Å². The fourth-order valence-electron chi connectivity index (χ4n) is 2.87. The highest BCUT2D eigenvalue weighted by Crippen LogP contribution is 2.26. The number of amides is 1. The summed E-state index contributed by atoms with van der Waals surface area (Å²) in [5, 5.41) is 11.7. The van der Waals surface area contributed by atoms with Crippen LogP contribution >= 0.6 is 0 Å². The highest BCUT2D eigenvalue weighted by atomic mass is 16.2. The van der Waals surface area contributed by atoms with Crippen molar-refractivity contribution in [3.8, 4) is 11.8 Å². The summed E-state index contributed by atoms with van der Waals surface area (Å²) in [5.74, 6) is 6.08. The molecule has 0 aromatic heterocycles. The quantitative estimate of drug-likeness (QED) is 0.661. The van der Waals surface area contributed by atoms with Crippen LogP contribution in [0.1, 0.15) is 50.5 Å². The lowest BCUT2D eigenvalue weighted by atomic mass is 9.96. The molecular formula is C18H23NO2. The molecule has 1 amide bonds. The van der Waals surface area contributed by atoms with Gasteiger partial charge in [0.05, 0.1) is 5.69 Å². The van der Waals surface area contributed by atoms with E-state index in [0.717, 1.165) is 11.3 Å². The molecule has 1 aromatic rings. The van der Waals surface area contributed by atoms with Crippen molar-refractivity contribution in [3.63, 3.8) is 0 Å². The van der Waals surface area contributed by atoms with E-state index in [4.69, 9.17) is 5.11 Å². The van der Waals surface area contributed by atoms with Crippen LogP contribution in [-0.4, -0.2) is 17.6 Å². The molecule has 2 rings (SSSR count). The Bertz CT molecular complexity index is 520. The van der Waals surface area contributed by atoms with E-state index in [-0.39, 0.29) is 12.5 Å². The third kappa shape index (κ3) is 5.24. The maximum Gasteiger partial charge on any atom is 0.224 e. The Morgan fingerprint density at radius 1 is 1.19 bits per heavy atom. The summed E-state index contributed by atoms with van der Waals surface area (Å²) in [6.07, 6.45) is 8.03. The van der Waals surface area contributed by atoms with Crippen LogP contribution in [0.15, 0.2) is 24.3 Å². The number of anilines is 1. The van der Waals surface area contributed by atoms with E-state index in [9.17, 15) is 4.79 Å². The van der Waals surface area contributed by atoms with Crippen molar-refractivity contribution < 1.29 is 9.90 Å². The number of rotatable bonds is 3. The second kappa shape index (κ2) is 8.49. The number of para-hydroxylation sites is 1. The number of nitrogens with one attached hydrogen (secondary N) is 1. The van der Waals surface area contributed by atoms with Crippen molar-refractivity contribution in [1.29, 1.82) is 0 Å². The molecule has 0 unspecified atom stereocenters. The molecule has 1 fully saturated rings. The lowest BCUT2D eigenvalue weighted by molar-refractivity contribution is -0.117. The molecule has 1 aromatic carbocycles. The Labute approximate surface area is 126 Å². The van der Waals surface area contributed by atoms with Gasteiger partial charge in [-0.25, -0.2) is 0 Å². The van der Waals surface area contributed by atoms with Crippen molar-refractivity contribution in [2.24, 2.45) is 5.92 Å². The minimum Gasteiger partial charge on any atom is -0.384 e. The molecule has 112 valence electrons. The number of aliphatic hydroxyl groups excluding tert-OH is 1. The predicted octanol–water partition coefficient (Wildman–Crippen LogP) is 3.33. The highest BCUT2D eigenvalue weighted by Gasteiger charge is 2.16. The molecular weight excluding hydrogens is 262 g/mol. The standard InChI is InChI=1S/C18H23NO2/c20-13-7-11-16-10-5-6-12-17(16)19-18(21)14-15-8-3-1-2-4-9-15/h5-6,10,12,15,20H,1-4,8-9,13-14H2,(H,19,21). The lowest BCUT2D eigenvalue weighted by Gasteiger charge is -2.14. The molecule has 1 aliphatic carbocycles. The molecule has 21 heavy (non-hydrogen) atoms. The molecule has 2 N–H and O–H groups in total.